The number of carbonyl (C=O) groups excluding carboxylic acids is 2. The fraction of sp³-hybridized carbons (Fsp3) is 0.346. The molecule has 7 nitrogen and oxygen atoms in total. The van der Waals surface area contributed by atoms with Crippen molar-refractivity contribution in [3.63, 3.8) is 0 Å². The zero-order valence-corrected chi connectivity index (χ0v) is 21.3. The molecule has 2 fully saturated rings. The van der Waals surface area contributed by atoms with Gasteiger partial charge in [0, 0.05) is 29.7 Å². The number of fused-ring (bicyclic) bond motifs is 1. The highest BCUT2D eigenvalue weighted by atomic mass is 35.5. The number of hydrogen-bond acceptors (Lipinski definition) is 6. The van der Waals surface area contributed by atoms with Crippen molar-refractivity contribution in [3.05, 3.63) is 63.8 Å². The Kier molecular flexibility index (Phi) is 6.42. The molecule has 182 valence electrons. The van der Waals surface area contributed by atoms with E-state index in [2.05, 4.69) is 10.3 Å². The average molecular weight is 512 g/mol. The summed E-state index contributed by atoms with van der Waals surface area (Å²) in [4.78, 5) is 33.9. The van der Waals surface area contributed by atoms with Gasteiger partial charge >= 0.3 is 0 Å². The number of piperidine rings is 1. The summed E-state index contributed by atoms with van der Waals surface area (Å²) in [6.45, 7) is 2.96. The minimum atomic E-state index is -0.234. The lowest BCUT2D eigenvalue weighted by molar-refractivity contribution is 0.0690. The maximum atomic E-state index is 13.7. The van der Waals surface area contributed by atoms with E-state index in [-0.39, 0.29) is 17.9 Å². The Morgan fingerprint density at radius 1 is 1.17 bits per heavy atom. The van der Waals surface area contributed by atoms with E-state index < -0.39 is 0 Å². The number of aryl methyl sites for hydroxylation is 1. The molecule has 3 aromatic rings. The molecule has 1 aliphatic carbocycles. The Morgan fingerprint density at radius 3 is 2.60 bits per heavy atom. The number of methoxy groups -OCH3 is 2. The average Bonchev–Trinajstić information content (AvgIpc) is 3.38. The molecule has 1 aromatic heterocycles. The van der Waals surface area contributed by atoms with Gasteiger partial charge in [0.15, 0.2) is 0 Å². The molecule has 1 saturated heterocycles. The van der Waals surface area contributed by atoms with Crippen molar-refractivity contribution < 1.29 is 19.1 Å². The summed E-state index contributed by atoms with van der Waals surface area (Å²) in [5.41, 5.74) is 1.78. The van der Waals surface area contributed by atoms with Gasteiger partial charge in [-0.15, -0.1) is 11.3 Å². The van der Waals surface area contributed by atoms with Crippen LogP contribution in [0.25, 0.3) is 10.4 Å². The molecule has 1 aliphatic heterocycles. The Bertz CT molecular complexity index is 1270. The summed E-state index contributed by atoms with van der Waals surface area (Å²) in [5.74, 6) is 1.63. The molecular formula is C26H26ClN3O4S. The number of carbonyl (C=O) groups is 2. The smallest absolute Gasteiger partial charge is 0.274 e. The Morgan fingerprint density at radius 2 is 1.91 bits per heavy atom. The first-order valence-corrected chi connectivity index (χ1v) is 12.6. The summed E-state index contributed by atoms with van der Waals surface area (Å²) in [5, 5.41) is 4.46. The lowest BCUT2D eigenvalue weighted by Crippen LogP contribution is -2.45. The Hall–Kier alpha value is -3.10. The Labute approximate surface area is 213 Å². The summed E-state index contributed by atoms with van der Waals surface area (Å²) in [6, 6.07) is 12.5. The number of aromatic nitrogens is 1. The molecule has 0 radical (unpaired) electrons. The highest BCUT2D eigenvalue weighted by Crippen LogP contribution is 2.50. The fourth-order valence-electron chi connectivity index (χ4n) is 4.84. The van der Waals surface area contributed by atoms with Crippen LogP contribution in [0.15, 0.2) is 42.5 Å². The second kappa shape index (κ2) is 9.51. The number of thiazole rings is 1. The van der Waals surface area contributed by atoms with Crippen LogP contribution in [0.1, 0.15) is 32.3 Å². The van der Waals surface area contributed by atoms with Crippen LogP contribution in [-0.2, 0) is 0 Å². The highest BCUT2D eigenvalue weighted by molar-refractivity contribution is 7.15. The largest absolute Gasteiger partial charge is 0.497 e. The van der Waals surface area contributed by atoms with Gasteiger partial charge < -0.3 is 19.7 Å². The number of likely N-dealkylation sites (tertiary alicyclic amines) is 1. The zero-order chi connectivity index (χ0) is 24.7. The molecule has 1 unspecified atom stereocenters. The first-order chi connectivity index (χ1) is 16.9. The van der Waals surface area contributed by atoms with Gasteiger partial charge in [0.2, 0.25) is 0 Å². The molecule has 9 heteroatoms. The number of amides is 2. The molecule has 1 N–H and O–H groups in total. The van der Waals surface area contributed by atoms with Crippen molar-refractivity contribution >= 4 is 34.8 Å². The minimum Gasteiger partial charge on any atom is -0.497 e. The molecule has 2 aliphatic rings. The summed E-state index contributed by atoms with van der Waals surface area (Å²) < 4.78 is 10.6. The number of nitrogens with one attached hydrogen (secondary N) is 1. The van der Waals surface area contributed by atoms with Crippen LogP contribution < -0.4 is 14.8 Å². The van der Waals surface area contributed by atoms with Crippen molar-refractivity contribution in [1.29, 1.82) is 0 Å². The maximum absolute atomic E-state index is 13.7. The highest BCUT2D eigenvalue weighted by Gasteiger charge is 2.54. The van der Waals surface area contributed by atoms with Crippen LogP contribution >= 0.6 is 22.9 Å². The Balaban J connectivity index is 1.34. The van der Waals surface area contributed by atoms with Crippen LogP contribution in [0.2, 0.25) is 5.02 Å². The van der Waals surface area contributed by atoms with Crippen LogP contribution in [0.5, 0.6) is 11.5 Å². The number of hydrogen-bond donors (Lipinski definition) is 1. The van der Waals surface area contributed by atoms with Gasteiger partial charge in [-0.2, -0.15) is 0 Å². The molecular weight excluding hydrogens is 486 g/mol. The number of ether oxygens (including phenoxy) is 2. The summed E-state index contributed by atoms with van der Waals surface area (Å²) >= 11 is 7.69. The van der Waals surface area contributed by atoms with Crippen LogP contribution in [-0.4, -0.2) is 55.0 Å². The molecule has 2 amide bonds. The summed E-state index contributed by atoms with van der Waals surface area (Å²) in [7, 11) is 3.09. The predicted molar refractivity (Wildman–Crippen MR) is 136 cm³/mol. The molecule has 2 aromatic carbocycles. The van der Waals surface area contributed by atoms with Gasteiger partial charge in [0.05, 0.1) is 30.1 Å². The summed E-state index contributed by atoms with van der Waals surface area (Å²) in [6.07, 6.45) is 1.08. The van der Waals surface area contributed by atoms with Crippen molar-refractivity contribution in [2.75, 3.05) is 27.3 Å². The van der Waals surface area contributed by atoms with Crippen molar-refractivity contribution in [2.45, 2.75) is 19.4 Å². The first kappa shape index (κ1) is 23.6. The van der Waals surface area contributed by atoms with Crippen LogP contribution in [0.3, 0.4) is 0 Å². The van der Waals surface area contributed by atoms with E-state index >= 15 is 0 Å². The normalized spacial score (nSPS) is 20.3. The van der Waals surface area contributed by atoms with E-state index in [0.29, 0.717) is 52.7 Å². The molecule has 2 heterocycles. The number of benzene rings is 2. The molecule has 0 spiro atoms. The fourth-order valence-corrected chi connectivity index (χ4v) is 5.93. The third kappa shape index (κ3) is 4.73. The van der Waals surface area contributed by atoms with Gasteiger partial charge in [0.1, 0.15) is 17.2 Å². The molecule has 1 saturated carbocycles. The number of rotatable bonds is 7. The number of halogens is 1. The van der Waals surface area contributed by atoms with Crippen molar-refractivity contribution in [1.82, 2.24) is 15.2 Å². The van der Waals surface area contributed by atoms with Crippen LogP contribution in [0, 0.1) is 18.8 Å². The standard InChI is InChI=1S/C26H26ClN3O4S/c1-14-29-23(24(35-14)15-5-4-6-18(27)7-15)26(32)30-13-17-10-21(17)22(30)12-28-25(31)16-8-19(33-2)11-20(9-16)34-3/h4-9,11,17,21-22H,10,12-13H2,1-3H3,(H,28,31)/t17-,21?,22+/m0/s1. The number of nitrogens with zero attached hydrogens (tertiary/aromatic N) is 2. The maximum Gasteiger partial charge on any atom is 0.274 e. The van der Waals surface area contributed by atoms with E-state index in [1.54, 1.807) is 32.4 Å². The third-order valence-corrected chi connectivity index (χ3v) is 7.93. The van der Waals surface area contributed by atoms with E-state index in [0.717, 1.165) is 21.9 Å². The monoisotopic (exact) mass is 511 g/mol. The quantitative estimate of drug-likeness (QED) is 0.498. The third-order valence-electron chi connectivity index (χ3n) is 6.67. The second-order valence-electron chi connectivity index (χ2n) is 8.92. The molecule has 5 rings (SSSR count). The first-order valence-electron chi connectivity index (χ1n) is 11.4. The second-order valence-corrected chi connectivity index (χ2v) is 10.6. The van der Waals surface area contributed by atoms with Gasteiger partial charge in [-0.1, -0.05) is 23.7 Å². The zero-order valence-electron chi connectivity index (χ0n) is 19.7. The SMILES string of the molecule is COc1cc(OC)cc(C(=O)NC[C@@H]2C3C[C@H]3CN2C(=O)c2nc(C)sc2-c2cccc(Cl)c2)c1. The van der Waals surface area contributed by atoms with Crippen LogP contribution in [0.4, 0.5) is 0 Å². The predicted octanol–water partition coefficient (Wildman–Crippen LogP) is 4.68. The van der Waals surface area contributed by atoms with Gasteiger partial charge in [-0.25, -0.2) is 4.98 Å². The van der Waals surface area contributed by atoms with Gasteiger partial charge in [0.25, 0.3) is 11.8 Å². The van der Waals surface area contributed by atoms with E-state index in [1.807, 2.05) is 36.1 Å². The van der Waals surface area contributed by atoms with E-state index in [4.69, 9.17) is 21.1 Å². The van der Waals surface area contributed by atoms with Crippen molar-refractivity contribution in [2.24, 2.45) is 11.8 Å². The molecule has 0 bridgehead atoms. The van der Waals surface area contributed by atoms with Gasteiger partial charge in [-0.3, -0.25) is 9.59 Å². The topological polar surface area (TPSA) is 80.8 Å². The lowest BCUT2D eigenvalue weighted by Gasteiger charge is -2.27. The molecule has 35 heavy (non-hydrogen) atoms. The van der Waals surface area contributed by atoms with Gasteiger partial charge in [-0.05, 0) is 55.0 Å². The van der Waals surface area contributed by atoms with Crippen molar-refractivity contribution in [3.8, 4) is 21.9 Å². The van der Waals surface area contributed by atoms with E-state index in [9.17, 15) is 9.59 Å². The minimum absolute atomic E-state index is 0.0711. The molecule has 3 atom stereocenters. The lowest BCUT2D eigenvalue weighted by atomic mass is 10.1. The van der Waals surface area contributed by atoms with E-state index in [1.165, 1.54) is 11.3 Å².